The van der Waals surface area contributed by atoms with E-state index in [2.05, 4.69) is 5.32 Å². The Morgan fingerprint density at radius 1 is 1.22 bits per heavy atom. The van der Waals surface area contributed by atoms with Crippen LogP contribution in [0.2, 0.25) is 0 Å². The van der Waals surface area contributed by atoms with E-state index in [1.54, 1.807) is 36.9 Å². The van der Waals surface area contributed by atoms with Crippen LogP contribution in [0.15, 0.2) is 18.3 Å². The molecule has 2 heterocycles. The lowest BCUT2D eigenvalue weighted by Crippen LogP contribution is -2.22. The third-order valence-electron chi connectivity index (χ3n) is 3.59. The van der Waals surface area contributed by atoms with Gasteiger partial charge in [0.25, 0.3) is 11.8 Å². The van der Waals surface area contributed by atoms with E-state index in [1.807, 2.05) is 0 Å². The largest absolute Gasteiger partial charge is 0.462 e. The minimum atomic E-state index is -0.723. The first-order valence-corrected chi connectivity index (χ1v) is 8.76. The highest BCUT2D eigenvalue weighted by Gasteiger charge is 2.26. The Morgan fingerprint density at radius 3 is 2.48 bits per heavy atom. The van der Waals surface area contributed by atoms with Crippen molar-refractivity contribution in [2.75, 3.05) is 18.5 Å². The van der Waals surface area contributed by atoms with Gasteiger partial charge in [0.2, 0.25) is 0 Å². The van der Waals surface area contributed by atoms with E-state index < -0.39 is 30.4 Å². The fraction of sp³-hybridized carbons (Fsp3) is 0.294. The monoisotopic (exact) mass is 393 g/mol. The van der Waals surface area contributed by atoms with Crippen LogP contribution in [0.25, 0.3) is 0 Å². The van der Waals surface area contributed by atoms with Gasteiger partial charge in [-0.2, -0.15) is 0 Å². The highest BCUT2D eigenvalue weighted by molar-refractivity contribution is 7.18. The number of primary amides is 1. The predicted octanol–water partition coefficient (Wildman–Crippen LogP) is 1.47. The van der Waals surface area contributed by atoms with Crippen LogP contribution in [-0.2, 0) is 21.3 Å². The summed E-state index contributed by atoms with van der Waals surface area (Å²) in [5, 5.41) is 2.58. The first kappa shape index (κ1) is 20.2. The molecule has 2 aromatic rings. The van der Waals surface area contributed by atoms with Gasteiger partial charge in [0.15, 0.2) is 6.61 Å². The van der Waals surface area contributed by atoms with Gasteiger partial charge >= 0.3 is 11.9 Å². The fourth-order valence-corrected chi connectivity index (χ4v) is 3.39. The van der Waals surface area contributed by atoms with Gasteiger partial charge in [-0.05, 0) is 31.5 Å². The predicted molar refractivity (Wildman–Crippen MR) is 97.9 cm³/mol. The molecule has 9 nitrogen and oxygen atoms in total. The average Bonchev–Trinajstić information content (AvgIpc) is 3.16. The molecule has 2 aromatic heterocycles. The third-order valence-corrected chi connectivity index (χ3v) is 4.81. The number of hydrogen-bond donors (Lipinski definition) is 2. The van der Waals surface area contributed by atoms with Crippen LogP contribution in [0, 0.1) is 6.92 Å². The number of hydrogen-bond acceptors (Lipinski definition) is 7. The Hall–Kier alpha value is -3.14. The van der Waals surface area contributed by atoms with E-state index in [-0.39, 0.29) is 27.7 Å². The smallest absolute Gasteiger partial charge is 0.355 e. The number of rotatable bonds is 7. The first-order valence-electron chi connectivity index (χ1n) is 7.94. The summed E-state index contributed by atoms with van der Waals surface area (Å²) < 4.78 is 11.5. The molecule has 0 bridgehead atoms. The number of aryl methyl sites for hydroxylation is 1. The van der Waals surface area contributed by atoms with Crippen LogP contribution in [0.5, 0.6) is 0 Å². The number of carbonyl (C=O) groups is 4. The summed E-state index contributed by atoms with van der Waals surface area (Å²) in [4.78, 5) is 47.9. The Bertz CT molecular complexity index is 899. The zero-order valence-corrected chi connectivity index (χ0v) is 15.8. The topological polar surface area (TPSA) is 130 Å². The second kappa shape index (κ2) is 8.49. The molecule has 0 aliphatic rings. The standard InChI is InChI=1S/C17H19N3O6S/c1-4-25-17(24)12-9(2)13(14(18)22)27-15(12)19-11(21)8-26-16(23)10-6-5-7-20(10)3/h5-7H,4,8H2,1-3H3,(H2,18,22)(H,19,21). The molecule has 0 saturated heterocycles. The number of amides is 2. The number of ether oxygens (including phenoxy) is 2. The minimum Gasteiger partial charge on any atom is -0.462 e. The zero-order chi connectivity index (χ0) is 20.1. The Kier molecular flexibility index (Phi) is 6.35. The van der Waals surface area contributed by atoms with Gasteiger partial charge in [0.1, 0.15) is 10.7 Å². The molecule has 0 fully saturated rings. The SMILES string of the molecule is CCOC(=O)c1c(NC(=O)COC(=O)c2cccn2C)sc(C(N)=O)c1C. The number of esters is 2. The third kappa shape index (κ3) is 4.53. The van der Waals surface area contributed by atoms with E-state index in [1.165, 1.54) is 6.92 Å². The van der Waals surface area contributed by atoms with Crippen LogP contribution >= 0.6 is 11.3 Å². The maximum Gasteiger partial charge on any atom is 0.355 e. The molecule has 0 atom stereocenters. The van der Waals surface area contributed by atoms with Crippen molar-refractivity contribution in [3.8, 4) is 0 Å². The summed E-state index contributed by atoms with van der Waals surface area (Å²) >= 11 is 0.859. The molecular formula is C17H19N3O6S. The van der Waals surface area contributed by atoms with E-state index in [9.17, 15) is 19.2 Å². The van der Waals surface area contributed by atoms with Gasteiger partial charge in [-0.25, -0.2) is 9.59 Å². The lowest BCUT2D eigenvalue weighted by molar-refractivity contribution is -0.119. The van der Waals surface area contributed by atoms with Crippen molar-refractivity contribution < 1.29 is 28.7 Å². The van der Waals surface area contributed by atoms with E-state index in [4.69, 9.17) is 15.2 Å². The Morgan fingerprint density at radius 2 is 1.93 bits per heavy atom. The van der Waals surface area contributed by atoms with Gasteiger partial charge in [-0.1, -0.05) is 0 Å². The Balaban J connectivity index is 2.13. The quantitative estimate of drug-likeness (QED) is 0.685. The van der Waals surface area contributed by atoms with Gasteiger partial charge in [0, 0.05) is 13.2 Å². The highest BCUT2D eigenvalue weighted by Crippen LogP contribution is 2.33. The second-order valence-electron chi connectivity index (χ2n) is 5.47. The molecule has 0 spiro atoms. The van der Waals surface area contributed by atoms with Crippen molar-refractivity contribution in [3.05, 3.63) is 40.0 Å². The Labute approximate surface area is 159 Å². The lowest BCUT2D eigenvalue weighted by atomic mass is 10.1. The molecule has 0 saturated carbocycles. The number of nitrogens with zero attached hydrogens (tertiary/aromatic N) is 1. The number of nitrogens with one attached hydrogen (secondary N) is 1. The van der Waals surface area contributed by atoms with E-state index in [0.29, 0.717) is 5.56 Å². The summed E-state index contributed by atoms with van der Waals surface area (Å²) in [6.07, 6.45) is 1.67. The number of anilines is 1. The first-order chi connectivity index (χ1) is 12.8. The molecule has 0 unspecified atom stereocenters. The zero-order valence-electron chi connectivity index (χ0n) is 15.0. The molecule has 2 amide bonds. The fourth-order valence-electron chi connectivity index (χ4n) is 2.33. The molecule has 2 rings (SSSR count). The molecule has 144 valence electrons. The number of aromatic nitrogens is 1. The molecule has 0 aliphatic heterocycles. The van der Waals surface area contributed by atoms with Gasteiger partial charge < -0.3 is 25.1 Å². The molecular weight excluding hydrogens is 374 g/mol. The van der Waals surface area contributed by atoms with Crippen LogP contribution in [0.3, 0.4) is 0 Å². The van der Waals surface area contributed by atoms with Gasteiger partial charge in [0.05, 0.1) is 17.0 Å². The van der Waals surface area contributed by atoms with Crippen molar-refractivity contribution in [3.63, 3.8) is 0 Å². The van der Waals surface area contributed by atoms with E-state index >= 15 is 0 Å². The van der Waals surface area contributed by atoms with Crippen molar-refractivity contribution in [1.29, 1.82) is 0 Å². The molecule has 0 aliphatic carbocycles. The second-order valence-corrected chi connectivity index (χ2v) is 6.49. The average molecular weight is 393 g/mol. The number of carbonyl (C=O) groups excluding carboxylic acids is 4. The van der Waals surface area contributed by atoms with Crippen LogP contribution < -0.4 is 11.1 Å². The normalized spacial score (nSPS) is 10.3. The lowest BCUT2D eigenvalue weighted by Gasteiger charge is -2.08. The van der Waals surface area contributed by atoms with Gasteiger partial charge in [-0.15, -0.1) is 11.3 Å². The van der Waals surface area contributed by atoms with E-state index in [0.717, 1.165) is 11.3 Å². The molecule has 27 heavy (non-hydrogen) atoms. The minimum absolute atomic E-state index is 0.0535. The highest BCUT2D eigenvalue weighted by atomic mass is 32.1. The summed E-state index contributed by atoms with van der Waals surface area (Å²) in [6, 6.07) is 3.23. The molecule has 10 heteroatoms. The summed E-state index contributed by atoms with van der Waals surface area (Å²) in [6.45, 7) is 2.74. The molecule has 3 N–H and O–H groups in total. The molecule has 0 radical (unpaired) electrons. The van der Waals surface area contributed by atoms with Crippen LogP contribution in [0.1, 0.15) is 43.0 Å². The maximum absolute atomic E-state index is 12.2. The van der Waals surface area contributed by atoms with Crippen LogP contribution in [0.4, 0.5) is 5.00 Å². The number of nitrogens with two attached hydrogens (primary N) is 1. The maximum atomic E-state index is 12.2. The molecule has 0 aromatic carbocycles. The van der Waals surface area contributed by atoms with Crippen molar-refractivity contribution in [2.45, 2.75) is 13.8 Å². The van der Waals surface area contributed by atoms with Crippen molar-refractivity contribution in [2.24, 2.45) is 12.8 Å². The number of thiophene rings is 1. The van der Waals surface area contributed by atoms with Crippen molar-refractivity contribution in [1.82, 2.24) is 4.57 Å². The van der Waals surface area contributed by atoms with Crippen LogP contribution in [-0.4, -0.2) is 41.5 Å². The summed E-state index contributed by atoms with van der Waals surface area (Å²) in [5.74, 6) is -2.74. The van der Waals surface area contributed by atoms with Crippen molar-refractivity contribution >= 4 is 40.1 Å². The summed E-state index contributed by atoms with van der Waals surface area (Å²) in [5.41, 5.74) is 5.97. The summed E-state index contributed by atoms with van der Waals surface area (Å²) in [7, 11) is 1.67. The van der Waals surface area contributed by atoms with Gasteiger partial charge in [-0.3, -0.25) is 9.59 Å².